The largest absolute Gasteiger partial charge is 0.313 e. The van der Waals surface area contributed by atoms with Crippen molar-refractivity contribution >= 4 is 11.3 Å². The molecule has 0 aliphatic rings. The van der Waals surface area contributed by atoms with Gasteiger partial charge in [0, 0.05) is 22.8 Å². The smallest absolute Gasteiger partial charge is 0.0230 e. The predicted octanol–water partition coefficient (Wildman–Crippen LogP) is 3.98. The number of thiophene rings is 1. The minimum absolute atomic E-state index is 0.999. The van der Waals surface area contributed by atoms with Gasteiger partial charge in [-0.3, -0.25) is 0 Å². The van der Waals surface area contributed by atoms with E-state index in [1.807, 2.05) is 11.3 Å². The second kappa shape index (κ2) is 8.32. The molecule has 1 aromatic heterocycles. The highest BCUT2D eigenvalue weighted by Gasteiger charge is 2.03. The van der Waals surface area contributed by atoms with Gasteiger partial charge in [-0.25, -0.2) is 0 Å². The third-order valence-electron chi connectivity index (χ3n) is 3.65. The Bertz CT molecular complexity index is 533. The Morgan fingerprint density at radius 3 is 2.57 bits per heavy atom. The van der Waals surface area contributed by atoms with Crippen molar-refractivity contribution in [1.82, 2.24) is 10.2 Å². The Hall–Kier alpha value is -1.16. The number of hydrogen-bond acceptors (Lipinski definition) is 3. The van der Waals surface area contributed by atoms with E-state index in [0.717, 1.165) is 26.2 Å². The van der Waals surface area contributed by atoms with Gasteiger partial charge in [0.15, 0.2) is 0 Å². The zero-order valence-corrected chi connectivity index (χ0v) is 14.2. The van der Waals surface area contributed by atoms with Crippen LogP contribution < -0.4 is 5.32 Å². The Labute approximate surface area is 132 Å². The monoisotopic (exact) mass is 302 g/mol. The molecular weight excluding hydrogens is 276 g/mol. The van der Waals surface area contributed by atoms with Gasteiger partial charge in [0.25, 0.3) is 0 Å². The van der Waals surface area contributed by atoms with E-state index in [2.05, 4.69) is 67.5 Å². The van der Waals surface area contributed by atoms with Crippen molar-refractivity contribution in [3.05, 3.63) is 57.3 Å². The average Bonchev–Trinajstić information content (AvgIpc) is 2.78. The van der Waals surface area contributed by atoms with Crippen LogP contribution in [-0.2, 0) is 13.1 Å². The van der Waals surface area contributed by atoms with Crippen LogP contribution >= 0.6 is 11.3 Å². The molecular formula is C18H26N2S. The summed E-state index contributed by atoms with van der Waals surface area (Å²) in [5, 5.41) is 3.56. The predicted molar refractivity (Wildman–Crippen MR) is 92.9 cm³/mol. The van der Waals surface area contributed by atoms with E-state index in [4.69, 9.17) is 0 Å². The molecule has 1 aromatic carbocycles. The highest BCUT2D eigenvalue weighted by molar-refractivity contribution is 7.12. The molecule has 2 rings (SSSR count). The molecule has 0 saturated carbocycles. The summed E-state index contributed by atoms with van der Waals surface area (Å²) in [4.78, 5) is 5.24. The molecule has 0 fully saturated rings. The topological polar surface area (TPSA) is 15.3 Å². The number of nitrogens with one attached hydrogen (secondary N) is 1. The number of rotatable bonds is 8. The minimum Gasteiger partial charge on any atom is -0.313 e. The zero-order valence-electron chi connectivity index (χ0n) is 13.4. The summed E-state index contributed by atoms with van der Waals surface area (Å²) in [5.41, 5.74) is 2.84. The standard InChI is InChI=1S/C18H26N2S/c1-15-12-18(16(2)21-15)13-19-10-7-11-20(3)14-17-8-5-4-6-9-17/h4-6,8-9,12,19H,7,10-11,13-14H2,1-3H3. The Morgan fingerprint density at radius 1 is 1.14 bits per heavy atom. The third-order valence-corrected chi connectivity index (χ3v) is 4.66. The molecule has 3 heteroatoms. The molecule has 114 valence electrons. The first kappa shape index (κ1) is 16.2. The van der Waals surface area contributed by atoms with Crippen molar-refractivity contribution in [2.75, 3.05) is 20.1 Å². The van der Waals surface area contributed by atoms with E-state index in [0.29, 0.717) is 0 Å². The second-order valence-electron chi connectivity index (χ2n) is 5.69. The molecule has 0 spiro atoms. The van der Waals surface area contributed by atoms with Crippen LogP contribution in [0.4, 0.5) is 0 Å². The molecule has 0 atom stereocenters. The second-order valence-corrected chi connectivity index (χ2v) is 7.15. The van der Waals surface area contributed by atoms with Crippen LogP contribution in [0.15, 0.2) is 36.4 Å². The van der Waals surface area contributed by atoms with Gasteiger partial charge in [-0.05, 0) is 57.6 Å². The highest BCUT2D eigenvalue weighted by Crippen LogP contribution is 2.20. The van der Waals surface area contributed by atoms with Crippen molar-refractivity contribution in [3.63, 3.8) is 0 Å². The number of hydrogen-bond donors (Lipinski definition) is 1. The molecule has 0 saturated heterocycles. The van der Waals surface area contributed by atoms with Crippen LogP contribution in [0.2, 0.25) is 0 Å². The average molecular weight is 302 g/mol. The minimum atomic E-state index is 0.999. The maximum atomic E-state index is 3.56. The zero-order chi connectivity index (χ0) is 15.1. The maximum absolute atomic E-state index is 3.56. The highest BCUT2D eigenvalue weighted by atomic mass is 32.1. The lowest BCUT2D eigenvalue weighted by atomic mass is 10.2. The lowest BCUT2D eigenvalue weighted by molar-refractivity contribution is 0.319. The fraction of sp³-hybridized carbons (Fsp3) is 0.444. The van der Waals surface area contributed by atoms with E-state index in [9.17, 15) is 0 Å². The summed E-state index contributed by atoms with van der Waals surface area (Å²) >= 11 is 1.89. The molecule has 1 heterocycles. The van der Waals surface area contributed by atoms with Gasteiger partial charge in [0.2, 0.25) is 0 Å². The fourth-order valence-corrected chi connectivity index (χ4v) is 3.48. The van der Waals surface area contributed by atoms with E-state index in [1.165, 1.54) is 27.3 Å². The van der Waals surface area contributed by atoms with E-state index in [1.54, 1.807) is 0 Å². The number of nitrogens with zero attached hydrogens (tertiary/aromatic N) is 1. The van der Waals surface area contributed by atoms with Gasteiger partial charge in [-0.15, -0.1) is 11.3 Å². The first-order valence-corrected chi connectivity index (χ1v) is 8.46. The molecule has 0 amide bonds. The van der Waals surface area contributed by atoms with Crippen LogP contribution in [0.25, 0.3) is 0 Å². The normalized spacial score (nSPS) is 11.2. The maximum Gasteiger partial charge on any atom is 0.0230 e. The van der Waals surface area contributed by atoms with Crippen LogP contribution in [0.1, 0.15) is 27.3 Å². The summed E-state index contributed by atoms with van der Waals surface area (Å²) in [7, 11) is 2.19. The molecule has 0 unspecified atom stereocenters. The van der Waals surface area contributed by atoms with Crippen molar-refractivity contribution < 1.29 is 0 Å². The first-order chi connectivity index (χ1) is 10.1. The Kier molecular flexibility index (Phi) is 6.43. The van der Waals surface area contributed by atoms with Gasteiger partial charge in [-0.2, -0.15) is 0 Å². The SMILES string of the molecule is Cc1cc(CNCCCN(C)Cc2ccccc2)c(C)s1. The van der Waals surface area contributed by atoms with Crippen LogP contribution in [0.3, 0.4) is 0 Å². The summed E-state index contributed by atoms with van der Waals surface area (Å²) in [6.45, 7) is 8.63. The van der Waals surface area contributed by atoms with Crippen molar-refractivity contribution in [3.8, 4) is 0 Å². The molecule has 0 aliphatic carbocycles. The fourth-order valence-electron chi connectivity index (χ4n) is 2.53. The summed E-state index contributed by atoms with van der Waals surface area (Å²) < 4.78 is 0. The lowest BCUT2D eigenvalue weighted by Crippen LogP contribution is -2.23. The first-order valence-electron chi connectivity index (χ1n) is 7.64. The van der Waals surface area contributed by atoms with E-state index >= 15 is 0 Å². The molecule has 2 aromatic rings. The van der Waals surface area contributed by atoms with E-state index < -0.39 is 0 Å². The van der Waals surface area contributed by atoms with Gasteiger partial charge in [0.05, 0.1) is 0 Å². The number of benzene rings is 1. The Morgan fingerprint density at radius 2 is 1.90 bits per heavy atom. The lowest BCUT2D eigenvalue weighted by Gasteiger charge is -2.16. The molecule has 21 heavy (non-hydrogen) atoms. The molecule has 0 radical (unpaired) electrons. The summed E-state index contributed by atoms with van der Waals surface area (Å²) in [5.74, 6) is 0. The van der Waals surface area contributed by atoms with Crippen molar-refractivity contribution in [2.24, 2.45) is 0 Å². The van der Waals surface area contributed by atoms with Crippen LogP contribution in [-0.4, -0.2) is 25.0 Å². The molecule has 0 aliphatic heterocycles. The molecule has 0 bridgehead atoms. The van der Waals surface area contributed by atoms with Crippen molar-refractivity contribution in [2.45, 2.75) is 33.4 Å². The van der Waals surface area contributed by atoms with Gasteiger partial charge in [0.1, 0.15) is 0 Å². The quantitative estimate of drug-likeness (QED) is 0.742. The van der Waals surface area contributed by atoms with Gasteiger partial charge >= 0.3 is 0 Å². The van der Waals surface area contributed by atoms with Crippen LogP contribution in [0, 0.1) is 13.8 Å². The Balaban J connectivity index is 1.60. The number of aryl methyl sites for hydroxylation is 2. The summed E-state index contributed by atoms with van der Waals surface area (Å²) in [6, 6.07) is 13.0. The molecule has 2 nitrogen and oxygen atoms in total. The molecule has 1 N–H and O–H groups in total. The van der Waals surface area contributed by atoms with E-state index in [-0.39, 0.29) is 0 Å². The van der Waals surface area contributed by atoms with Crippen molar-refractivity contribution in [1.29, 1.82) is 0 Å². The van der Waals surface area contributed by atoms with Crippen LogP contribution in [0.5, 0.6) is 0 Å². The van der Waals surface area contributed by atoms with Gasteiger partial charge < -0.3 is 10.2 Å². The third kappa shape index (κ3) is 5.62. The summed E-state index contributed by atoms with van der Waals surface area (Å²) in [6.07, 6.45) is 1.19. The van der Waals surface area contributed by atoms with Gasteiger partial charge in [-0.1, -0.05) is 30.3 Å².